The van der Waals surface area contributed by atoms with Crippen molar-refractivity contribution < 1.29 is 33.5 Å². The lowest BCUT2D eigenvalue weighted by Gasteiger charge is -2.34. The second-order valence-corrected chi connectivity index (χ2v) is 8.57. The van der Waals surface area contributed by atoms with Gasteiger partial charge in [0.25, 0.3) is 17.7 Å². The van der Waals surface area contributed by atoms with Gasteiger partial charge in [0, 0.05) is 6.42 Å². The van der Waals surface area contributed by atoms with Crippen molar-refractivity contribution >= 4 is 35.5 Å². The Morgan fingerprint density at radius 1 is 1.12 bits per heavy atom. The molecule has 11 nitrogen and oxygen atoms in total. The van der Waals surface area contributed by atoms with E-state index in [-0.39, 0.29) is 36.3 Å². The van der Waals surface area contributed by atoms with Crippen molar-refractivity contribution in [3.63, 3.8) is 0 Å². The van der Waals surface area contributed by atoms with Gasteiger partial charge in [-0.25, -0.2) is 9.69 Å². The smallest absolute Gasteiger partial charge is 0.330 e. The molecule has 0 aliphatic carbocycles. The molecule has 0 spiro atoms. The van der Waals surface area contributed by atoms with Crippen molar-refractivity contribution in [3.8, 4) is 0 Å². The number of benzene rings is 1. The van der Waals surface area contributed by atoms with E-state index in [1.807, 2.05) is 0 Å². The normalized spacial score (nSPS) is 19.9. The van der Waals surface area contributed by atoms with Gasteiger partial charge in [0.15, 0.2) is 6.73 Å². The van der Waals surface area contributed by atoms with Crippen molar-refractivity contribution in [3.05, 3.63) is 35.4 Å². The number of imide groups is 2. The van der Waals surface area contributed by atoms with E-state index in [1.165, 1.54) is 12.1 Å². The molecule has 0 radical (unpaired) electrons. The molecule has 0 aromatic heterocycles. The number of carbonyl (C=O) groups excluding carboxylic acids is 6. The highest BCUT2D eigenvalue weighted by atomic mass is 16.5. The van der Waals surface area contributed by atoms with Crippen molar-refractivity contribution in [2.45, 2.75) is 58.2 Å². The number of hydrogen-bond donors (Lipinski definition) is 2. The van der Waals surface area contributed by atoms with Crippen LogP contribution in [0, 0.1) is 5.92 Å². The minimum absolute atomic E-state index is 0.0195. The molecule has 11 heteroatoms. The fraction of sp³-hybridized carbons (Fsp3) is 0.478. The number of hydrogen-bond acceptors (Lipinski definition) is 8. The summed E-state index contributed by atoms with van der Waals surface area (Å²) in [6.45, 7) is 4.49. The van der Waals surface area contributed by atoms with Crippen LogP contribution in [0.1, 0.15) is 60.7 Å². The van der Waals surface area contributed by atoms with E-state index < -0.39 is 60.4 Å². The van der Waals surface area contributed by atoms with Crippen LogP contribution >= 0.6 is 0 Å². The zero-order valence-corrected chi connectivity index (χ0v) is 19.3. The Morgan fingerprint density at radius 3 is 2.24 bits per heavy atom. The number of esters is 1. The summed E-state index contributed by atoms with van der Waals surface area (Å²) in [5.74, 6) is -4.12. The van der Waals surface area contributed by atoms with Crippen LogP contribution in [-0.2, 0) is 23.9 Å². The van der Waals surface area contributed by atoms with E-state index in [9.17, 15) is 28.8 Å². The molecule has 182 valence electrons. The molecule has 0 bridgehead atoms. The minimum Gasteiger partial charge on any atom is -0.442 e. The number of amides is 5. The van der Waals surface area contributed by atoms with Gasteiger partial charge in [-0.3, -0.25) is 28.9 Å². The topological polar surface area (TPSA) is 156 Å². The lowest BCUT2D eigenvalue weighted by Crippen LogP contribution is -2.57. The first-order valence-corrected chi connectivity index (χ1v) is 11.1. The maximum absolute atomic E-state index is 13.0. The second-order valence-electron chi connectivity index (χ2n) is 8.57. The number of piperidine rings is 1. The van der Waals surface area contributed by atoms with Crippen LogP contribution in [0.5, 0.6) is 0 Å². The maximum Gasteiger partial charge on any atom is 0.330 e. The minimum atomic E-state index is -1.19. The zero-order valence-electron chi connectivity index (χ0n) is 19.3. The summed E-state index contributed by atoms with van der Waals surface area (Å²) in [5, 5.41) is 2.51. The molecular formula is C23H28N4O7. The quantitative estimate of drug-likeness (QED) is 0.401. The van der Waals surface area contributed by atoms with Crippen molar-refractivity contribution in [1.82, 2.24) is 15.1 Å². The number of ether oxygens (including phenoxy) is 1. The van der Waals surface area contributed by atoms with E-state index >= 15 is 0 Å². The summed E-state index contributed by atoms with van der Waals surface area (Å²) < 4.78 is 5.14. The second kappa shape index (κ2) is 10.1. The monoisotopic (exact) mass is 472 g/mol. The van der Waals surface area contributed by atoms with Crippen LogP contribution in [0.15, 0.2) is 24.3 Å². The average molecular weight is 472 g/mol. The molecule has 1 fully saturated rings. The lowest BCUT2D eigenvalue weighted by molar-refractivity contribution is -0.165. The molecule has 0 saturated carbocycles. The summed E-state index contributed by atoms with van der Waals surface area (Å²) >= 11 is 0. The molecule has 2 heterocycles. The van der Waals surface area contributed by atoms with Gasteiger partial charge in [-0.2, -0.15) is 0 Å². The predicted octanol–water partition coefficient (Wildman–Crippen LogP) is 0.179. The summed E-state index contributed by atoms with van der Waals surface area (Å²) in [6, 6.07) is 3.21. The Balaban J connectivity index is 1.67. The van der Waals surface area contributed by atoms with Gasteiger partial charge in [0.1, 0.15) is 12.1 Å². The number of carbonyl (C=O) groups is 6. The van der Waals surface area contributed by atoms with Crippen LogP contribution in [0.2, 0.25) is 0 Å². The molecule has 2 aliphatic heterocycles. The fourth-order valence-electron chi connectivity index (χ4n) is 3.81. The van der Waals surface area contributed by atoms with Gasteiger partial charge in [-0.1, -0.05) is 32.9 Å². The van der Waals surface area contributed by atoms with E-state index in [1.54, 1.807) is 32.9 Å². The summed E-state index contributed by atoms with van der Waals surface area (Å²) in [7, 11) is 0. The number of likely N-dealkylation sites (tertiary alicyclic amines) is 1. The molecule has 3 atom stereocenters. The Kier molecular flexibility index (Phi) is 7.45. The maximum atomic E-state index is 13.0. The van der Waals surface area contributed by atoms with Gasteiger partial charge in [0.05, 0.1) is 17.2 Å². The van der Waals surface area contributed by atoms with Crippen LogP contribution in [0.3, 0.4) is 0 Å². The molecule has 2 aliphatic rings. The Morgan fingerprint density at radius 2 is 1.71 bits per heavy atom. The molecule has 34 heavy (non-hydrogen) atoms. The van der Waals surface area contributed by atoms with Gasteiger partial charge in [-0.15, -0.1) is 0 Å². The number of nitrogens with two attached hydrogens (primary N) is 1. The Hall–Kier alpha value is -3.60. The van der Waals surface area contributed by atoms with Gasteiger partial charge < -0.3 is 15.8 Å². The number of fused-ring (bicyclic) bond motifs is 1. The van der Waals surface area contributed by atoms with Crippen LogP contribution < -0.4 is 11.1 Å². The van der Waals surface area contributed by atoms with Crippen molar-refractivity contribution in [2.24, 2.45) is 11.7 Å². The Bertz CT molecular complexity index is 1000. The average Bonchev–Trinajstić information content (AvgIpc) is 3.06. The third kappa shape index (κ3) is 4.69. The number of rotatable bonds is 8. The SMILES string of the molecule is CC[C@H](NC(=O)C(N)C(C)C)C(=O)OCN1C(=O)CC[C@H](N2C(=O)c3ccccc3C2=O)C1=O. The predicted molar refractivity (Wildman–Crippen MR) is 118 cm³/mol. The molecular weight excluding hydrogens is 444 g/mol. The molecule has 1 saturated heterocycles. The van der Waals surface area contributed by atoms with Crippen LogP contribution in [0.4, 0.5) is 0 Å². The largest absolute Gasteiger partial charge is 0.442 e. The molecule has 3 N–H and O–H groups in total. The number of nitrogens with one attached hydrogen (secondary N) is 1. The molecule has 3 rings (SSSR count). The third-order valence-electron chi connectivity index (χ3n) is 5.99. The van der Waals surface area contributed by atoms with Crippen LogP contribution in [-0.4, -0.2) is 70.2 Å². The van der Waals surface area contributed by atoms with Gasteiger partial charge in [0.2, 0.25) is 11.8 Å². The summed E-state index contributed by atoms with van der Waals surface area (Å²) in [5.41, 5.74) is 6.18. The molecule has 1 aromatic rings. The first kappa shape index (κ1) is 25.0. The summed E-state index contributed by atoms with van der Waals surface area (Å²) in [4.78, 5) is 77.2. The third-order valence-corrected chi connectivity index (χ3v) is 5.99. The number of nitrogens with zero attached hydrogens (tertiary/aromatic N) is 2. The highest BCUT2D eigenvalue weighted by Gasteiger charge is 2.47. The van der Waals surface area contributed by atoms with Crippen molar-refractivity contribution in [2.75, 3.05) is 6.73 Å². The molecule has 1 unspecified atom stereocenters. The lowest BCUT2D eigenvalue weighted by atomic mass is 10.0. The molecule has 1 aromatic carbocycles. The zero-order chi connectivity index (χ0) is 25.2. The first-order valence-electron chi connectivity index (χ1n) is 11.1. The fourth-order valence-corrected chi connectivity index (χ4v) is 3.81. The highest BCUT2D eigenvalue weighted by Crippen LogP contribution is 2.29. The van der Waals surface area contributed by atoms with E-state index in [0.29, 0.717) is 4.90 Å². The Labute approximate surface area is 196 Å². The standard InChI is InChI=1S/C23H28N4O7/c1-4-15(25-19(29)18(24)12(2)3)23(33)34-11-26-17(28)10-9-16(22(26)32)27-20(30)13-7-5-6-8-14(13)21(27)31/h5-8,12,15-16,18H,4,9-11,24H2,1-3H3,(H,25,29)/t15-,16-,18?/m0/s1. The molecule has 5 amide bonds. The van der Waals surface area contributed by atoms with Crippen LogP contribution in [0.25, 0.3) is 0 Å². The summed E-state index contributed by atoms with van der Waals surface area (Å²) in [6.07, 6.45) is 0.0712. The van der Waals surface area contributed by atoms with Crippen molar-refractivity contribution in [1.29, 1.82) is 0 Å². The highest BCUT2D eigenvalue weighted by molar-refractivity contribution is 6.23. The van der Waals surface area contributed by atoms with Gasteiger partial charge >= 0.3 is 5.97 Å². The first-order chi connectivity index (χ1) is 16.1. The van der Waals surface area contributed by atoms with E-state index in [4.69, 9.17) is 10.5 Å². The van der Waals surface area contributed by atoms with E-state index in [0.717, 1.165) is 4.90 Å². The van der Waals surface area contributed by atoms with Gasteiger partial charge in [-0.05, 0) is 30.9 Å². The van der Waals surface area contributed by atoms with E-state index in [2.05, 4.69) is 5.32 Å².